The first-order chi connectivity index (χ1) is 14.5. The minimum Gasteiger partial charge on any atom is -0.491 e. The Morgan fingerprint density at radius 3 is 2.60 bits per heavy atom. The molecule has 3 rings (SSSR count). The predicted octanol–water partition coefficient (Wildman–Crippen LogP) is 4.03. The molecule has 2 N–H and O–H groups in total. The lowest BCUT2D eigenvalue weighted by atomic mass is 10.1. The van der Waals surface area contributed by atoms with Crippen molar-refractivity contribution < 1.29 is 4.74 Å². The molecule has 6 nitrogen and oxygen atoms in total. The molecular formula is C24H35N5O. The Morgan fingerprint density at radius 2 is 1.87 bits per heavy atom. The molecule has 162 valence electrons. The van der Waals surface area contributed by atoms with Crippen molar-refractivity contribution in [3.05, 3.63) is 53.2 Å². The van der Waals surface area contributed by atoms with Crippen LogP contribution < -0.4 is 20.3 Å². The lowest BCUT2D eigenvalue weighted by Gasteiger charge is -2.28. The molecule has 1 saturated heterocycles. The number of nitrogens with zero attached hydrogens (tertiary/aromatic N) is 3. The van der Waals surface area contributed by atoms with E-state index < -0.39 is 0 Å². The number of aromatic nitrogens is 1. The van der Waals surface area contributed by atoms with E-state index in [0.29, 0.717) is 13.1 Å². The van der Waals surface area contributed by atoms with Crippen LogP contribution in [-0.4, -0.2) is 37.2 Å². The number of nitrogens with one attached hydrogen (secondary N) is 2. The van der Waals surface area contributed by atoms with E-state index in [-0.39, 0.29) is 6.10 Å². The van der Waals surface area contributed by atoms with E-state index in [1.807, 2.05) is 20.0 Å². The van der Waals surface area contributed by atoms with Gasteiger partial charge < -0.3 is 20.3 Å². The van der Waals surface area contributed by atoms with E-state index in [1.54, 1.807) is 7.05 Å². The monoisotopic (exact) mass is 409 g/mol. The smallest absolute Gasteiger partial charge is 0.191 e. The van der Waals surface area contributed by atoms with E-state index in [9.17, 15) is 0 Å². The van der Waals surface area contributed by atoms with Gasteiger partial charge in [0.05, 0.1) is 6.10 Å². The summed E-state index contributed by atoms with van der Waals surface area (Å²) >= 11 is 0. The van der Waals surface area contributed by atoms with Crippen LogP contribution in [0, 0.1) is 6.92 Å². The summed E-state index contributed by atoms with van der Waals surface area (Å²) in [4.78, 5) is 11.3. The summed E-state index contributed by atoms with van der Waals surface area (Å²) in [5.74, 6) is 2.77. The Labute approximate surface area is 180 Å². The number of piperidine rings is 1. The van der Waals surface area contributed by atoms with Gasteiger partial charge in [0.2, 0.25) is 0 Å². The van der Waals surface area contributed by atoms with E-state index in [4.69, 9.17) is 4.74 Å². The van der Waals surface area contributed by atoms with Gasteiger partial charge in [-0.05, 0) is 69.4 Å². The molecule has 1 aromatic carbocycles. The summed E-state index contributed by atoms with van der Waals surface area (Å²) in [6, 6.07) is 10.6. The largest absolute Gasteiger partial charge is 0.491 e. The van der Waals surface area contributed by atoms with Crippen LogP contribution in [0.15, 0.2) is 41.5 Å². The van der Waals surface area contributed by atoms with Gasteiger partial charge in [0.15, 0.2) is 5.96 Å². The van der Waals surface area contributed by atoms with Gasteiger partial charge in [0.1, 0.15) is 11.6 Å². The molecular weight excluding hydrogens is 374 g/mol. The highest BCUT2D eigenvalue weighted by atomic mass is 16.5. The second-order valence-corrected chi connectivity index (χ2v) is 8.13. The Kier molecular flexibility index (Phi) is 7.94. The van der Waals surface area contributed by atoms with Gasteiger partial charge in [-0.2, -0.15) is 0 Å². The zero-order valence-electron chi connectivity index (χ0n) is 18.7. The van der Waals surface area contributed by atoms with Crippen molar-refractivity contribution in [1.82, 2.24) is 15.6 Å². The van der Waals surface area contributed by atoms with Crippen LogP contribution in [0.2, 0.25) is 0 Å². The number of aliphatic imine (C=N–C) groups is 1. The van der Waals surface area contributed by atoms with Gasteiger partial charge in [-0.1, -0.05) is 12.1 Å². The van der Waals surface area contributed by atoms with Crippen LogP contribution in [0.3, 0.4) is 0 Å². The molecule has 2 aromatic rings. The molecule has 0 spiro atoms. The number of rotatable bonds is 7. The van der Waals surface area contributed by atoms with Gasteiger partial charge >= 0.3 is 0 Å². The number of ether oxygens (including phenoxy) is 1. The second-order valence-electron chi connectivity index (χ2n) is 8.13. The topological polar surface area (TPSA) is 61.8 Å². The van der Waals surface area contributed by atoms with Crippen LogP contribution in [0.5, 0.6) is 5.75 Å². The van der Waals surface area contributed by atoms with E-state index in [2.05, 4.69) is 62.8 Å². The molecule has 0 aliphatic carbocycles. The van der Waals surface area contributed by atoms with Crippen molar-refractivity contribution in [3.63, 3.8) is 0 Å². The zero-order valence-corrected chi connectivity index (χ0v) is 18.7. The standard InChI is InChI=1S/C24H35N5O/c1-18(2)30-22-14-19(3)8-9-21(22)17-28-24(25-4)27-16-20-10-11-26-23(15-20)29-12-6-5-7-13-29/h8-11,14-15,18H,5-7,12-13,16-17H2,1-4H3,(H2,25,27,28). The fraction of sp³-hybridized carbons (Fsp3) is 0.500. The van der Waals surface area contributed by atoms with E-state index in [1.165, 1.54) is 30.4 Å². The molecule has 0 saturated carbocycles. The molecule has 6 heteroatoms. The number of benzene rings is 1. The van der Waals surface area contributed by atoms with Crippen molar-refractivity contribution in [1.29, 1.82) is 0 Å². The average molecular weight is 410 g/mol. The second kappa shape index (κ2) is 10.9. The van der Waals surface area contributed by atoms with Gasteiger partial charge in [-0.15, -0.1) is 0 Å². The first-order valence-corrected chi connectivity index (χ1v) is 11.0. The Hall–Kier alpha value is -2.76. The summed E-state index contributed by atoms with van der Waals surface area (Å²) in [5, 5.41) is 6.81. The molecule has 0 radical (unpaired) electrons. The molecule has 0 bridgehead atoms. The molecule has 0 atom stereocenters. The Morgan fingerprint density at radius 1 is 1.10 bits per heavy atom. The molecule has 30 heavy (non-hydrogen) atoms. The maximum atomic E-state index is 5.98. The fourth-order valence-corrected chi connectivity index (χ4v) is 3.62. The highest BCUT2D eigenvalue weighted by molar-refractivity contribution is 5.79. The third-order valence-electron chi connectivity index (χ3n) is 5.21. The van der Waals surface area contributed by atoms with Gasteiger partial charge in [0.25, 0.3) is 0 Å². The molecule has 0 amide bonds. The Bertz CT molecular complexity index is 843. The summed E-state index contributed by atoms with van der Waals surface area (Å²) in [5.41, 5.74) is 3.51. The van der Waals surface area contributed by atoms with E-state index >= 15 is 0 Å². The number of hydrogen-bond acceptors (Lipinski definition) is 4. The Balaban J connectivity index is 1.57. The molecule has 1 aromatic heterocycles. The average Bonchev–Trinajstić information content (AvgIpc) is 2.75. The van der Waals surface area contributed by atoms with Crippen LogP contribution in [0.4, 0.5) is 5.82 Å². The van der Waals surface area contributed by atoms with Crippen molar-refractivity contribution in [2.75, 3.05) is 25.0 Å². The minimum absolute atomic E-state index is 0.142. The summed E-state index contributed by atoms with van der Waals surface area (Å²) in [6.45, 7) is 9.73. The minimum atomic E-state index is 0.142. The third-order valence-corrected chi connectivity index (χ3v) is 5.21. The van der Waals surface area contributed by atoms with Crippen molar-refractivity contribution >= 4 is 11.8 Å². The molecule has 0 unspecified atom stereocenters. The summed E-state index contributed by atoms with van der Waals surface area (Å²) in [7, 11) is 1.79. The van der Waals surface area contributed by atoms with Crippen molar-refractivity contribution in [3.8, 4) is 5.75 Å². The lowest BCUT2D eigenvalue weighted by Crippen LogP contribution is -2.36. The lowest BCUT2D eigenvalue weighted by molar-refractivity contribution is 0.239. The van der Waals surface area contributed by atoms with E-state index in [0.717, 1.165) is 36.2 Å². The third kappa shape index (κ3) is 6.37. The first kappa shape index (κ1) is 21.9. The summed E-state index contributed by atoms with van der Waals surface area (Å²) < 4.78 is 5.98. The maximum Gasteiger partial charge on any atom is 0.191 e. The van der Waals surface area contributed by atoms with Crippen LogP contribution in [-0.2, 0) is 13.1 Å². The number of aryl methyl sites for hydroxylation is 1. The van der Waals surface area contributed by atoms with Crippen molar-refractivity contribution in [2.45, 2.75) is 59.2 Å². The highest BCUT2D eigenvalue weighted by Gasteiger charge is 2.12. The SMILES string of the molecule is CN=C(NCc1ccnc(N2CCCCC2)c1)NCc1ccc(C)cc1OC(C)C. The van der Waals surface area contributed by atoms with Crippen LogP contribution in [0.1, 0.15) is 49.8 Å². The molecule has 1 aliphatic heterocycles. The highest BCUT2D eigenvalue weighted by Crippen LogP contribution is 2.22. The number of hydrogen-bond donors (Lipinski definition) is 2. The van der Waals surface area contributed by atoms with Crippen LogP contribution >= 0.6 is 0 Å². The fourth-order valence-electron chi connectivity index (χ4n) is 3.62. The maximum absolute atomic E-state index is 5.98. The zero-order chi connectivity index (χ0) is 21.3. The van der Waals surface area contributed by atoms with Gasteiger partial charge in [-0.25, -0.2) is 4.98 Å². The number of pyridine rings is 1. The quantitative estimate of drug-likeness (QED) is 0.534. The van der Waals surface area contributed by atoms with Gasteiger partial charge in [-0.3, -0.25) is 4.99 Å². The number of guanidine groups is 1. The predicted molar refractivity (Wildman–Crippen MR) is 124 cm³/mol. The molecule has 2 heterocycles. The van der Waals surface area contributed by atoms with Gasteiger partial charge in [0, 0.05) is 45.0 Å². The van der Waals surface area contributed by atoms with Crippen molar-refractivity contribution in [2.24, 2.45) is 4.99 Å². The summed E-state index contributed by atoms with van der Waals surface area (Å²) in [6.07, 6.45) is 5.87. The molecule has 1 fully saturated rings. The normalized spacial score (nSPS) is 14.7. The first-order valence-electron chi connectivity index (χ1n) is 11.0. The van der Waals surface area contributed by atoms with Crippen LogP contribution in [0.25, 0.3) is 0 Å². The number of anilines is 1. The molecule has 1 aliphatic rings.